The van der Waals surface area contributed by atoms with Gasteiger partial charge in [0.25, 0.3) is 0 Å². The Balaban J connectivity index is 1.70. The second kappa shape index (κ2) is 6.59. The van der Waals surface area contributed by atoms with E-state index in [1.54, 1.807) is 25.6 Å². The molecule has 3 aromatic heterocycles. The lowest BCUT2D eigenvalue weighted by molar-refractivity contribution is -0.133. The molecule has 0 radical (unpaired) electrons. The van der Waals surface area contributed by atoms with Crippen LogP contribution in [0.3, 0.4) is 0 Å². The number of aromatic nitrogens is 4. The zero-order chi connectivity index (χ0) is 18.1. The maximum absolute atomic E-state index is 12.6. The number of aromatic amines is 1. The molecule has 1 saturated heterocycles. The minimum atomic E-state index is -0.114. The number of H-pyrrole nitrogens is 1. The molecule has 8 heteroatoms. The first-order valence-electron chi connectivity index (χ1n) is 8.62. The number of nitrogens with one attached hydrogen (secondary N) is 1. The van der Waals surface area contributed by atoms with Crippen LogP contribution >= 0.6 is 0 Å². The van der Waals surface area contributed by atoms with Gasteiger partial charge in [-0.15, -0.1) is 0 Å². The van der Waals surface area contributed by atoms with E-state index in [2.05, 4.69) is 25.1 Å². The SMILES string of the molecule is CN(CC#N)C(=O)C1CCCN(c2cn[nH]c3cnc4nccc4c23)C1. The zero-order valence-electron chi connectivity index (χ0n) is 14.5. The van der Waals surface area contributed by atoms with Crippen molar-refractivity contribution in [3.8, 4) is 6.07 Å². The highest BCUT2D eigenvalue weighted by atomic mass is 16.2. The first kappa shape index (κ1) is 16.3. The highest BCUT2D eigenvalue weighted by Gasteiger charge is 2.29. The third kappa shape index (κ3) is 2.71. The first-order valence-corrected chi connectivity index (χ1v) is 8.62. The third-order valence-electron chi connectivity index (χ3n) is 4.96. The second-order valence-corrected chi connectivity index (χ2v) is 6.62. The molecule has 0 spiro atoms. The Bertz CT molecular complexity index is 1010. The second-order valence-electron chi connectivity index (χ2n) is 6.62. The largest absolute Gasteiger partial charge is 0.369 e. The Hall–Kier alpha value is -3.21. The number of amides is 1. The van der Waals surface area contributed by atoms with Gasteiger partial charge in [-0.1, -0.05) is 0 Å². The molecule has 1 aliphatic heterocycles. The highest BCUT2D eigenvalue weighted by molar-refractivity contribution is 6.09. The summed E-state index contributed by atoms with van der Waals surface area (Å²) in [5, 5.41) is 18.1. The van der Waals surface area contributed by atoms with Gasteiger partial charge in [-0.25, -0.2) is 9.97 Å². The summed E-state index contributed by atoms with van der Waals surface area (Å²) in [6.45, 7) is 1.60. The Morgan fingerprint density at radius 1 is 1.46 bits per heavy atom. The van der Waals surface area contributed by atoms with Gasteiger partial charge >= 0.3 is 0 Å². The number of carbonyl (C=O) groups excluding carboxylic acids is 1. The standard InChI is InChI=1S/C18H19N7O/c1-24(8-5-19)18(26)12-3-2-7-25(11-12)15-10-22-23-14-9-21-17-13(16(14)15)4-6-20-17/h4,6,9-10,12,23H,2-3,7-8,11H2,1H3. The topological polar surface area (TPSA) is 102 Å². The van der Waals surface area contributed by atoms with Crippen molar-refractivity contribution in [1.29, 1.82) is 5.26 Å². The summed E-state index contributed by atoms with van der Waals surface area (Å²) in [7, 11) is 1.68. The number of anilines is 1. The Morgan fingerprint density at radius 2 is 2.35 bits per heavy atom. The number of nitrogens with zero attached hydrogens (tertiary/aromatic N) is 6. The Kier molecular flexibility index (Phi) is 4.13. The van der Waals surface area contributed by atoms with E-state index in [0.717, 1.165) is 41.4 Å². The smallest absolute Gasteiger partial charge is 0.228 e. The molecule has 4 heterocycles. The van der Waals surface area contributed by atoms with Gasteiger partial charge < -0.3 is 9.80 Å². The zero-order valence-corrected chi connectivity index (χ0v) is 14.5. The molecule has 1 fully saturated rings. The molecule has 3 aromatic rings. The van der Waals surface area contributed by atoms with Gasteiger partial charge in [0.05, 0.1) is 35.6 Å². The maximum Gasteiger partial charge on any atom is 0.228 e. The molecule has 132 valence electrons. The number of fused-ring (bicyclic) bond motifs is 3. The molecular formula is C18H19N7O. The fraction of sp³-hybridized carbons (Fsp3) is 0.389. The van der Waals surface area contributed by atoms with E-state index in [-0.39, 0.29) is 18.4 Å². The predicted octanol–water partition coefficient (Wildman–Crippen LogP) is 1.70. The molecular weight excluding hydrogens is 330 g/mol. The lowest BCUT2D eigenvalue weighted by atomic mass is 9.95. The molecule has 1 aliphatic rings. The lowest BCUT2D eigenvalue weighted by Gasteiger charge is -2.35. The number of carbonyl (C=O) groups is 1. The molecule has 0 bridgehead atoms. The third-order valence-corrected chi connectivity index (χ3v) is 4.96. The molecule has 4 rings (SSSR count). The minimum absolute atomic E-state index is 0.0257. The van der Waals surface area contributed by atoms with Crippen LogP contribution in [-0.2, 0) is 4.79 Å². The Morgan fingerprint density at radius 3 is 3.19 bits per heavy atom. The summed E-state index contributed by atoms with van der Waals surface area (Å²) >= 11 is 0. The monoisotopic (exact) mass is 349 g/mol. The average molecular weight is 349 g/mol. The van der Waals surface area contributed by atoms with Crippen LogP contribution in [0.1, 0.15) is 12.8 Å². The molecule has 1 unspecified atom stereocenters. The van der Waals surface area contributed by atoms with Crippen LogP contribution < -0.4 is 4.90 Å². The quantitative estimate of drug-likeness (QED) is 0.722. The van der Waals surface area contributed by atoms with E-state index >= 15 is 0 Å². The minimum Gasteiger partial charge on any atom is -0.369 e. The van der Waals surface area contributed by atoms with Crippen LogP contribution in [0.5, 0.6) is 0 Å². The maximum atomic E-state index is 12.6. The van der Waals surface area contributed by atoms with Crippen molar-refractivity contribution < 1.29 is 4.79 Å². The number of hydrogen-bond donors (Lipinski definition) is 1. The number of pyridine rings is 1. The number of piperidine rings is 1. The van der Waals surface area contributed by atoms with Gasteiger partial charge in [0.15, 0.2) is 5.65 Å². The van der Waals surface area contributed by atoms with E-state index in [1.807, 2.05) is 12.1 Å². The molecule has 8 nitrogen and oxygen atoms in total. The van der Waals surface area contributed by atoms with Gasteiger partial charge in [0.1, 0.15) is 6.54 Å². The fourth-order valence-electron chi connectivity index (χ4n) is 3.68. The summed E-state index contributed by atoms with van der Waals surface area (Å²) in [5.74, 6) is -0.0887. The first-order chi connectivity index (χ1) is 12.7. The highest BCUT2D eigenvalue weighted by Crippen LogP contribution is 2.33. The van der Waals surface area contributed by atoms with Crippen LogP contribution in [0.4, 0.5) is 5.69 Å². The summed E-state index contributed by atoms with van der Waals surface area (Å²) in [6.07, 6.45) is 7.06. The van der Waals surface area contributed by atoms with E-state index < -0.39 is 0 Å². The predicted molar refractivity (Wildman–Crippen MR) is 97.4 cm³/mol. The number of rotatable bonds is 3. The fourth-order valence-corrected chi connectivity index (χ4v) is 3.68. The van der Waals surface area contributed by atoms with Crippen molar-refractivity contribution in [3.05, 3.63) is 24.7 Å². The van der Waals surface area contributed by atoms with Gasteiger partial charge in [0.2, 0.25) is 5.91 Å². The van der Waals surface area contributed by atoms with Crippen molar-refractivity contribution in [2.75, 3.05) is 31.6 Å². The van der Waals surface area contributed by atoms with Crippen molar-refractivity contribution >= 4 is 33.5 Å². The normalized spacial score (nSPS) is 17.4. The van der Waals surface area contributed by atoms with Crippen LogP contribution in [0.15, 0.2) is 24.7 Å². The summed E-state index contributed by atoms with van der Waals surface area (Å²) in [4.78, 5) is 25.0. The van der Waals surface area contributed by atoms with E-state index in [1.165, 1.54) is 4.90 Å². The van der Waals surface area contributed by atoms with E-state index in [0.29, 0.717) is 12.2 Å². The van der Waals surface area contributed by atoms with Gasteiger partial charge in [0, 0.05) is 37.1 Å². The molecule has 1 amide bonds. The van der Waals surface area contributed by atoms with Crippen molar-refractivity contribution in [3.63, 3.8) is 0 Å². The average Bonchev–Trinajstić information content (AvgIpc) is 3.16. The molecule has 0 saturated carbocycles. The molecule has 0 aliphatic carbocycles. The van der Waals surface area contributed by atoms with Crippen molar-refractivity contribution in [1.82, 2.24) is 25.1 Å². The summed E-state index contributed by atoms with van der Waals surface area (Å²) < 4.78 is 0. The van der Waals surface area contributed by atoms with E-state index in [4.69, 9.17) is 5.26 Å². The molecule has 0 aromatic carbocycles. The van der Waals surface area contributed by atoms with Crippen LogP contribution in [0, 0.1) is 17.2 Å². The summed E-state index contributed by atoms with van der Waals surface area (Å²) in [5.41, 5.74) is 2.54. The van der Waals surface area contributed by atoms with Gasteiger partial charge in [-0.2, -0.15) is 10.4 Å². The molecule has 26 heavy (non-hydrogen) atoms. The lowest BCUT2D eigenvalue weighted by Crippen LogP contribution is -2.44. The van der Waals surface area contributed by atoms with Crippen LogP contribution in [0.25, 0.3) is 21.9 Å². The van der Waals surface area contributed by atoms with Gasteiger partial charge in [-0.3, -0.25) is 9.89 Å². The Labute approximate surface area is 150 Å². The number of hydrogen-bond acceptors (Lipinski definition) is 6. The van der Waals surface area contributed by atoms with E-state index in [9.17, 15) is 4.79 Å². The van der Waals surface area contributed by atoms with Crippen molar-refractivity contribution in [2.45, 2.75) is 12.8 Å². The van der Waals surface area contributed by atoms with Crippen LogP contribution in [-0.4, -0.2) is 57.7 Å². The van der Waals surface area contributed by atoms with Crippen LogP contribution in [0.2, 0.25) is 0 Å². The molecule has 1 atom stereocenters. The number of nitriles is 1. The van der Waals surface area contributed by atoms with Crippen molar-refractivity contribution in [2.24, 2.45) is 5.92 Å². The summed E-state index contributed by atoms with van der Waals surface area (Å²) in [6, 6.07) is 3.99. The molecule has 1 N–H and O–H groups in total. The van der Waals surface area contributed by atoms with Gasteiger partial charge in [-0.05, 0) is 18.9 Å².